The molecular formula is C12H13NO3. The van der Waals surface area contributed by atoms with Gasteiger partial charge in [-0.15, -0.1) is 0 Å². The lowest BCUT2D eigenvalue weighted by Gasteiger charge is -2.08. The first kappa shape index (κ1) is 12.1. The number of hydrogen-bond acceptors (Lipinski definition) is 4. The molecule has 16 heavy (non-hydrogen) atoms. The van der Waals surface area contributed by atoms with E-state index < -0.39 is 0 Å². The summed E-state index contributed by atoms with van der Waals surface area (Å²) in [5, 5.41) is 8.72. The van der Waals surface area contributed by atoms with Gasteiger partial charge in [-0.05, 0) is 19.1 Å². The summed E-state index contributed by atoms with van der Waals surface area (Å²) in [6, 6.07) is 6.97. The molecule has 0 radical (unpaired) electrons. The second-order valence-corrected chi connectivity index (χ2v) is 3.12. The first-order valence-electron chi connectivity index (χ1n) is 4.94. The third kappa shape index (κ3) is 2.99. The number of nitriles is 1. The fourth-order valence-corrected chi connectivity index (χ4v) is 1.33. The lowest BCUT2D eigenvalue weighted by Crippen LogP contribution is -2.08. The van der Waals surface area contributed by atoms with E-state index in [-0.39, 0.29) is 12.4 Å². The summed E-state index contributed by atoms with van der Waals surface area (Å²) in [7, 11) is 1.51. The van der Waals surface area contributed by atoms with Crippen LogP contribution in [0.3, 0.4) is 0 Å². The van der Waals surface area contributed by atoms with E-state index in [1.807, 2.05) is 6.07 Å². The van der Waals surface area contributed by atoms with Gasteiger partial charge in [0.1, 0.15) is 5.75 Å². The van der Waals surface area contributed by atoms with Crippen LogP contribution < -0.4 is 4.74 Å². The van der Waals surface area contributed by atoms with Gasteiger partial charge in [0.05, 0.1) is 31.8 Å². The van der Waals surface area contributed by atoms with Crippen LogP contribution in [0.25, 0.3) is 0 Å². The van der Waals surface area contributed by atoms with E-state index >= 15 is 0 Å². The van der Waals surface area contributed by atoms with Gasteiger partial charge in [0.25, 0.3) is 0 Å². The van der Waals surface area contributed by atoms with Crippen molar-refractivity contribution >= 4 is 5.97 Å². The Hall–Kier alpha value is -2.02. The van der Waals surface area contributed by atoms with Crippen molar-refractivity contribution in [2.75, 3.05) is 13.7 Å². The zero-order valence-electron chi connectivity index (χ0n) is 9.32. The van der Waals surface area contributed by atoms with Crippen molar-refractivity contribution in [2.45, 2.75) is 13.3 Å². The number of rotatable bonds is 4. The molecule has 1 aromatic rings. The minimum atomic E-state index is -0.300. The van der Waals surface area contributed by atoms with Gasteiger partial charge in [-0.25, -0.2) is 0 Å². The predicted octanol–water partition coefficient (Wildman–Crippen LogP) is 1.67. The Bertz CT molecular complexity index is 421. The average Bonchev–Trinajstić information content (AvgIpc) is 2.30. The monoisotopic (exact) mass is 219 g/mol. The van der Waals surface area contributed by atoms with Crippen LogP contribution in [0.1, 0.15) is 18.1 Å². The Morgan fingerprint density at radius 1 is 1.50 bits per heavy atom. The number of ether oxygens (including phenoxy) is 2. The Kier molecular flexibility index (Phi) is 4.34. The molecule has 0 saturated carbocycles. The van der Waals surface area contributed by atoms with E-state index in [1.54, 1.807) is 25.1 Å². The molecule has 0 aliphatic carbocycles. The van der Waals surface area contributed by atoms with E-state index in [2.05, 4.69) is 0 Å². The van der Waals surface area contributed by atoms with Crippen LogP contribution in [0.2, 0.25) is 0 Å². The lowest BCUT2D eigenvalue weighted by atomic mass is 10.1. The second-order valence-electron chi connectivity index (χ2n) is 3.12. The average molecular weight is 219 g/mol. The highest BCUT2D eigenvalue weighted by molar-refractivity contribution is 5.73. The van der Waals surface area contributed by atoms with Gasteiger partial charge >= 0.3 is 5.97 Å². The minimum absolute atomic E-state index is 0.155. The van der Waals surface area contributed by atoms with E-state index in [0.29, 0.717) is 17.9 Å². The molecule has 1 rings (SSSR count). The first-order valence-corrected chi connectivity index (χ1v) is 4.94. The molecule has 0 atom stereocenters. The molecule has 1 aromatic carbocycles. The maximum atomic E-state index is 11.3. The van der Waals surface area contributed by atoms with Crippen molar-refractivity contribution in [3.05, 3.63) is 29.3 Å². The van der Waals surface area contributed by atoms with Gasteiger partial charge in [0.15, 0.2) is 0 Å². The fraction of sp³-hybridized carbons (Fsp3) is 0.333. The summed E-state index contributed by atoms with van der Waals surface area (Å²) >= 11 is 0. The van der Waals surface area contributed by atoms with Crippen molar-refractivity contribution < 1.29 is 14.3 Å². The molecule has 0 unspecified atom stereocenters. The zero-order chi connectivity index (χ0) is 12.0. The summed E-state index contributed by atoms with van der Waals surface area (Å²) in [4.78, 5) is 11.3. The standard InChI is InChI=1S/C12H13NO3/c1-3-16-12(14)7-10-5-4-9(8-13)6-11(10)15-2/h4-6H,3,7H2,1-2H3. The molecule has 84 valence electrons. The van der Waals surface area contributed by atoms with E-state index in [1.165, 1.54) is 7.11 Å². The number of carbonyl (C=O) groups excluding carboxylic acids is 1. The molecule has 0 aliphatic rings. The van der Waals surface area contributed by atoms with Gasteiger partial charge in [0.2, 0.25) is 0 Å². The molecule has 0 saturated heterocycles. The Balaban J connectivity index is 2.88. The molecule has 4 nitrogen and oxygen atoms in total. The lowest BCUT2D eigenvalue weighted by molar-refractivity contribution is -0.142. The van der Waals surface area contributed by atoms with E-state index in [9.17, 15) is 4.79 Å². The Morgan fingerprint density at radius 2 is 2.25 bits per heavy atom. The van der Waals surface area contributed by atoms with Crippen LogP contribution in [-0.2, 0) is 16.0 Å². The summed E-state index contributed by atoms with van der Waals surface area (Å²) < 4.78 is 9.95. The van der Waals surface area contributed by atoms with Gasteiger partial charge in [-0.3, -0.25) is 4.79 Å². The third-order valence-corrected chi connectivity index (χ3v) is 2.06. The smallest absolute Gasteiger partial charge is 0.310 e. The van der Waals surface area contributed by atoms with Crippen LogP contribution in [0.4, 0.5) is 0 Å². The normalized spacial score (nSPS) is 9.31. The van der Waals surface area contributed by atoms with Gasteiger partial charge < -0.3 is 9.47 Å². The molecule has 0 aromatic heterocycles. The van der Waals surface area contributed by atoms with Gasteiger partial charge in [-0.2, -0.15) is 5.26 Å². The number of nitrogens with zero attached hydrogens (tertiary/aromatic N) is 1. The number of hydrogen-bond donors (Lipinski definition) is 0. The fourth-order valence-electron chi connectivity index (χ4n) is 1.33. The molecule has 4 heteroatoms. The molecule has 0 heterocycles. The summed E-state index contributed by atoms with van der Waals surface area (Å²) in [5.41, 5.74) is 1.23. The van der Waals surface area contributed by atoms with Crippen LogP contribution >= 0.6 is 0 Å². The van der Waals surface area contributed by atoms with Crippen LogP contribution in [0, 0.1) is 11.3 Å². The highest BCUT2D eigenvalue weighted by atomic mass is 16.5. The Labute approximate surface area is 94.4 Å². The van der Waals surface area contributed by atoms with Crippen LogP contribution in [-0.4, -0.2) is 19.7 Å². The van der Waals surface area contributed by atoms with Gasteiger partial charge in [-0.1, -0.05) is 6.07 Å². The van der Waals surface area contributed by atoms with E-state index in [0.717, 1.165) is 5.56 Å². The van der Waals surface area contributed by atoms with Crippen molar-refractivity contribution in [1.29, 1.82) is 5.26 Å². The number of carbonyl (C=O) groups is 1. The van der Waals surface area contributed by atoms with Crippen LogP contribution in [0.15, 0.2) is 18.2 Å². The predicted molar refractivity (Wildman–Crippen MR) is 58.0 cm³/mol. The summed E-state index contributed by atoms with van der Waals surface area (Å²) in [5.74, 6) is 0.234. The number of methoxy groups -OCH3 is 1. The highest BCUT2D eigenvalue weighted by Gasteiger charge is 2.09. The number of benzene rings is 1. The van der Waals surface area contributed by atoms with Crippen molar-refractivity contribution in [3.8, 4) is 11.8 Å². The minimum Gasteiger partial charge on any atom is -0.496 e. The molecule has 0 amide bonds. The maximum Gasteiger partial charge on any atom is 0.310 e. The topological polar surface area (TPSA) is 59.3 Å². The highest BCUT2D eigenvalue weighted by Crippen LogP contribution is 2.20. The zero-order valence-corrected chi connectivity index (χ0v) is 9.32. The SMILES string of the molecule is CCOC(=O)Cc1ccc(C#N)cc1OC. The first-order chi connectivity index (χ1) is 7.71. The molecule has 0 bridgehead atoms. The van der Waals surface area contributed by atoms with Gasteiger partial charge in [0, 0.05) is 5.56 Å². The molecule has 0 aliphatic heterocycles. The molecule has 0 fully saturated rings. The van der Waals surface area contributed by atoms with Crippen molar-refractivity contribution in [1.82, 2.24) is 0 Å². The maximum absolute atomic E-state index is 11.3. The quantitative estimate of drug-likeness (QED) is 0.723. The summed E-state index contributed by atoms with van der Waals surface area (Å²) in [6.07, 6.45) is 0.155. The van der Waals surface area contributed by atoms with Crippen LogP contribution in [0.5, 0.6) is 5.75 Å². The van der Waals surface area contributed by atoms with Crippen molar-refractivity contribution in [3.63, 3.8) is 0 Å². The van der Waals surface area contributed by atoms with Crippen molar-refractivity contribution in [2.24, 2.45) is 0 Å². The molecular weight excluding hydrogens is 206 g/mol. The summed E-state index contributed by atoms with van der Waals surface area (Å²) in [6.45, 7) is 2.12. The molecule has 0 N–H and O–H groups in total. The largest absolute Gasteiger partial charge is 0.496 e. The third-order valence-electron chi connectivity index (χ3n) is 2.06. The Morgan fingerprint density at radius 3 is 2.81 bits per heavy atom. The molecule has 0 spiro atoms. The second kappa shape index (κ2) is 5.76. The van der Waals surface area contributed by atoms with E-state index in [4.69, 9.17) is 14.7 Å². The number of esters is 1.